The van der Waals surface area contributed by atoms with E-state index in [-0.39, 0.29) is 11.9 Å². The van der Waals surface area contributed by atoms with Crippen molar-refractivity contribution in [1.82, 2.24) is 0 Å². The van der Waals surface area contributed by atoms with Gasteiger partial charge in [0.15, 0.2) is 0 Å². The predicted molar refractivity (Wildman–Crippen MR) is 117 cm³/mol. The van der Waals surface area contributed by atoms with Crippen molar-refractivity contribution in [3.05, 3.63) is 66.2 Å². The minimum atomic E-state index is -0.334. The fraction of sp³-hybridized carbons (Fsp3) is 0.333. The zero-order valence-corrected chi connectivity index (χ0v) is 17.6. The van der Waals surface area contributed by atoms with Gasteiger partial charge in [-0.05, 0) is 81.1 Å². The lowest BCUT2D eigenvalue weighted by molar-refractivity contribution is -0.139. The van der Waals surface area contributed by atoms with Crippen LogP contribution in [0.1, 0.15) is 43.0 Å². The molecule has 0 bridgehead atoms. The molecule has 0 aromatic heterocycles. The van der Waals surface area contributed by atoms with Gasteiger partial charge in [-0.15, -0.1) is 0 Å². The smallest absolute Gasteiger partial charge is 0.333 e. The quantitative estimate of drug-likeness (QED) is 0.302. The van der Waals surface area contributed by atoms with Gasteiger partial charge in [0.1, 0.15) is 11.5 Å². The largest absolute Gasteiger partial charge is 0.497 e. The summed E-state index contributed by atoms with van der Waals surface area (Å²) in [6, 6.07) is 14.2. The molecule has 6 heteroatoms. The van der Waals surface area contributed by atoms with Gasteiger partial charge in [0, 0.05) is 16.8 Å². The van der Waals surface area contributed by atoms with Crippen LogP contribution < -0.4 is 14.8 Å². The molecule has 0 fully saturated rings. The monoisotopic (exact) mass is 411 g/mol. The Kier molecular flexibility index (Phi) is 9.45. The summed E-state index contributed by atoms with van der Waals surface area (Å²) >= 11 is 0. The Hall–Kier alpha value is -3.28. The van der Waals surface area contributed by atoms with Crippen LogP contribution in [0.25, 0.3) is 0 Å². The maximum absolute atomic E-state index is 12.3. The van der Waals surface area contributed by atoms with E-state index in [0.717, 1.165) is 37.2 Å². The Labute approximate surface area is 177 Å². The summed E-state index contributed by atoms with van der Waals surface area (Å²) in [4.78, 5) is 23.6. The van der Waals surface area contributed by atoms with E-state index in [1.807, 2.05) is 0 Å². The van der Waals surface area contributed by atoms with Crippen LogP contribution in [0.2, 0.25) is 0 Å². The summed E-state index contributed by atoms with van der Waals surface area (Å²) in [5, 5.41) is 2.85. The van der Waals surface area contributed by atoms with Crippen LogP contribution in [-0.2, 0) is 9.53 Å². The van der Waals surface area contributed by atoms with Gasteiger partial charge < -0.3 is 19.5 Å². The van der Waals surface area contributed by atoms with Crippen molar-refractivity contribution >= 4 is 17.6 Å². The number of amides is 1. The molecule has 0 saturated heterocycles. The molecule has 2 aromatic carbocycles. The molecule has 0 aliphatic rings. The molecule has 1 N–H and O–H groups in total. The zero-order valence-electron chi connectivity index (χ0n) is 17.6. The first kappa shape index (κ1) is 23.0. The molecule has 2 rings (SSSR count). The number of ether oxygens (including phenoxy) is 3. The van der Waals surface area contributed by atoms with Crippen LogP contribution in [0.5, 0.6) is 11.5 Å². The Balaban J connectivity index is 1.63. The number of nitrogens with one attached hydrogen (secondary N) is 1. The number of methoxy groups -OCH3 is 1. The van der Waals surface area contributed by atoms with E-state index in [1.54, 1.807) is 62.6 Å². The average Bonchev–Trinajstić information content (AvgIpc) is 2.76. The maximum Gasteiger partial charge on any atom is 0.333 e. The standard InChI is InChI=1S/C24H29NO5/c1-18(2)24(27)30-17-7-5-4-6-16-29-22-12-8-19(9-13-22)23(26)25-20-10-14-21(28-3)15-11-20/h8-15H,1,4-7,16-17H2,2-3H3,(H,25,26). The number of benzene rings is 2. The lowest BCUT2D eigenvalue weighted by atomic mass is 10.2. The number of esters is 1. The van der Waals surface area contributed by atoms with Gasteiger partial charge >= 0.3 is 5.97 Å². The zero-order chi connectivity index (χ0) is 21.8. The third-order valence-corrected chi connectivity index (χ3v) is 4.35. The normalized spacial score (nSPS) is 10.2. The highest BCUT2D eigenvalue weighted by Gasteiger charge is 2.07. The Morgan fingerprint density at radius 2 is 1.47 bits per heavy atom. The number of carbonyl (C=O) groups excluding carboxylic acids is 2. The van der Waals surface area contributed by atoms with Gasteiger partial charge in [-0.3, -0.25) is 4.79 Å². The van der Waals surface area contributed by atoms with Crippen molar-refractivity contribution in [2.24, 2.45) is 0 Å². The molecule has 2 aromatic rings. The molecule has 160 valence electrons. The fourth-order valence-electron chi connectivity index (χ4n) is 2.62. The summed E-state index contributed by atoms with van der Waals surface area (Å²) in [7, 11) is 1.60. The number of hydrogen-bond donors (Lipinski definition) is 1. The Morgan fingerprint density at radius 1 is 0.867 bits per heavy atom. The Bertz CT molecular complexity index is 828. The molecule has 0 spiro atoms. The summed E-state index contributed by atoms with van der Waals surface area (Å²) in [6.07, 6.45) is 3.70. The summed E-state index contributed by atoms with van der Waals surface area (Å²) in [6.45, 7) is 6.21. The van der Waals surface area contributed by atoms with Crippen molar-refractivity contribution in [2.75, 3.05) is 25.6 Å². The second-order valence-electron chi connectivity index (χ2n) is 6.89. The van der Waals surface area contributed by atoms with E-state index < -0.39 is 0 Å². The number of hydrogen-bond acceptors (Lipinski definition) is 5. The molecular formula is C24H29NO5. The number of unbranched alkanes of at least 4 members (excludes halogenated alkanes) is 3. The van der Waals surface area contributed by atoms with E-state index in [4.69, 9.17) is 14.2 Å². The van der Waals surface area contributed by atoms with E-state index in [1.165, 1.54) is 0 Å². The third-order valence-electron chi connectivity index (χ3n) is 4.35. The number of rotatable bonds is 12. The first-order valence-corrected chi connectivity index (χ1v) is 10.0. The molecule has 6 nitrogen and oxygen atoms in total. The second kappa shape index (κ2) is 12.3. The molecule has 0 aliphatic heterocycles. The van der Waals surface area contributed by atoms with E-state index in [2.05, 4.69) is 11.9 Å². The SMILES string of the molecule is C=C(C)C(=O)OCCCCCCOc1ccc(C(=O)Nc2ccc(OC)cc2)cc1. The van der Waals surface area contributed by atoms with Gasteiger partial charge in [-0.1, -0.05) is 6.58 Å². The molecule has 0 aliphatic carbocycles. The topological polar surface area (TPSA) is 73.9 Å². The highest BCUT2D eigenvalue weighted by Crippen LogP contribution is 2.17. The van der Waals surface area contributed by atoms with Crippen LogP contribution in [-0.4, -0.2) is 32.2 Å². The molecule has 1 amide bonds. The van der Waals surface area contributed by atoms with Crippen LogP contribution >= 0.6 is 0 Å². The van der Waals surface area contributed by atoms with Crippen molar-refractivity contribution in [1.29, 1.82) is 0 Å². The van der Waals surface area contributed by atoms with E-state index in [0.29, 0.717) is 30.0 Å². The summed E-state index contributed by atoms with van der Waals surface area (Å²) in [5.74, 6) is 0.950. The molecule has 0 saturated carbocycles. The minimum absolute atomic E-state index is 0.181. The molecule has 0 atom stereocenters. The van der Waals surface area contributed by atoms with Crippen molar-refractivity contribution in [3.8, 4) is 11.5 Å². The molecule has 0 unspecified atom stereocenters. The molecular weight excluding hydrogens is 382 g/mol. The minimum Gasteiger partial charge on any atom is -0.497 e. The first-order valence-electron chi connectivity index (χ1n) is 10.0. The number of carbonyl (C=O) groups is 2. The van der Waals surface area contributed by atoms with Gasteiger partial charge in [0.2, 0.25) is 0 Å². The summed E-state index contributed by atoms with van der Waals surface area (Å²) in [5.41, 5.74) is 1.69. The summed E-state index contributed by atoms with van der Waals surface area (Å²) < 4.78 is 15.9. The van der Waals surface area contributed by atoms with Crippen LogP contribution in [0, 0.1) is 0 Å². The average molecular weight is 411 g/mol. The second-order valence-corrected chi connectivity index (χ2v) is 6.89. The third kappa shape index (κ3) is 7.99. The van der Waals surface area contributed by atoms with Crippen molar-refractivity contribution in [3.63, 3.8) is 0 Å². The molecule has 30 heavy (non-hydrogen) atoms. The first-order chi connectivity index (χ1) is 14.5. The van der Waals surface area contributed by atoms with Gasteiger partial charge in [-0.2, -0.15) is 0 Å². The van der Waals surface area contributed by atoms with Crippen LogP contribution in [0.3, 0.4) is 0 Å². The highest BCUT2D eigenvalue weighted by atomic mass is 16.5. The number of anilines is 1. The predicted octanol–water partition coefficient (Wildman–Crippen LogP) is 5.01. The van der Waals surface area contributed by atoms with Crippen molar-refractivity contribution in [2.45, 2.75) is 32.6 Å². The Morgan fingerprint density at radius 3 is 2.07 bits per heavy atom. The highest BCUT2D eigenvalue weighted by molar-refractivity contribution is 6.04. The van der Waals surface area contributed by atoms with Gasteiger partial charge in [0.25, 0.3) is 5.91 Å². The lowest BCUT2D eigenvalue weighted by Crippen LogP contribution is -2.11. The van der Waals surface area contributed by atoms with E-state index >= 15 is 0 Å². The molecule has 0 heterocycles. The maximum atomic E-state index is 12.3. The molecule has 0 radical (unpaired) electrons. The van der Waals surface area contributed by atoms with Gasteiger partial charge in [-0.25, -0.2) is 4.79 Å². The lowest BCUT2D eigenvalue weighted by Gasteiger charge is -2.09. The van der Waals surface area contributed by atoms with Crippen LogP contribution in [0.4, 0.5) is 5.69 Å². The van der Waals surface area contributed by atoms with Gasteiger partial charge in [0.05, 0.1) is 20.3 Å². The van der Waals surface area contributed by atoms with Crippen LogP contribution in [0.15, 0.2) is 60.7 Å². The van der Waals surface area contributed by atoms with Crippen molar-refractivity contribution < 1.29 is 23.8 Å². The van der Waals surface area contributed by atoms with E-state index in [9.17, 15) is 9.59 Å². The fourth-order valence-corrected chi connectivity index (χ4v) is 2.62.